The number of nitrogens with zero attached hydrogens (tertiary/aromatic N) is 1. The second-order valence-electron chi connectivity index (χ2n) is 8.97. The Kier molecular flexibility index (Phi) is 6.02. The maximum Gasteiger partial charge on any atom is 0.0715 e. The summed E-state index contributed by atoms with van der Waals surface area (Å²) in [5.41, 5.74) is 11.0. The molecule has 2 heterocycles. The summed E-state index contributed by atoms with van der Waals surface area (Å²) in [7, 11) is 0. The van der Waals surface area contributed by atoms with Crippen molar-refractivity contribution in [3.8, 4) is 33.6 Å². The molecule has 0 bridgehead atoms. The lowest BCUT2D eigenvalue weighted by atomic mass is 9.96. The molecule has 3 nitrogen and oxygen atoms in total. The highest BCUT2D eigenvalue weighted by Gasteiger charge is 2.12. The smallest absolute Gasteiger partial charge is 0.0715 e. The van der Waals surface area contributed by atoms with Gasteiger partial charge in [-0.3, -0.25) is 0 Å². The zero-order valence-corrected chi connectivity index (χ0v) is 20.2. The Hall–Kier alpha value is -5.02. The van der Waals surface area contributed by atoms with Crippen LogP contribution >= 0.6 is 0 Å². The molecule has 4 aromatic rings. The number of dihydropyridines is 1. The van der Waals surface area contributed by atoms with Crippen LogP contribution < -0.4 is 5.32 Å². The molecule has 0 fully saturated rings. The minimum absolute atomic E-state index is 0.512. The average molecular weight is 476 g/mol. The van der Waals surface area contributed by atoms with E-state index in [4.69, 9.17) is 10.4 Å². The molecule has 0 saturated heterocycles. The first kappa shape index (κ1) is 22.4. The minimum atomic E-state index is 0.512. The van der Waals surface area contributed by atoms with Crippen LogP contribution in [-0.4, -0.2) is 10.7 Å². The molecular weight excluding hydrogens is 450 g/mol. The Balaban J connectivity index is 1.32. The summed E-state index contributed by atoms with van der Waals surface area (Å²) >= 11 is 0. The van der Waals surface area contributed by atoms with Crippen molar-refractivity contribution in [3.05, 3.63) is 157 Å². The summed E-state index contributed by atoms with van der Waals surface area (Å²) in [6.45, 7) is 0. The van der Waals surface area contributed by atoms with Gasteiger partial charge >= 0.3 is 0 Å². The van der Waals surface area contributed by atoms with Crippen LogP contribution in [-0.2, 0) is 0 Å². The highest BCUT2D eigenvalue weighted by molar-refractivity contribution is 6.10. The summed E-state index contributed by atoms with van der Waals surface area (Å²) in [4.78, 5) is 4.99. The highest BCUT2D eigenvalue weighted by Crippen LogP contribution is 2.31. The SMILES string of the molecule is N=C1C=CC=C/C1=C1\C=CC(c2ccc(-c3cc(-c4ccccc4)nc(-c4ccccc4)c3)cc2)=CN1. The van der Waals surface area contributed by atoms with Gasteiger partial charge in [0.1, 0.15) is 0 Å². The van der Waals surface area contributed by atoms with E-state index < -0.39 is 0 Å². The second kappa shape index (κ2) is 9.92. The number of nitrogens with one attached hydrogen (secondary N) is 2. The van der Waals surface area contributed by atoms with Gasteiger partial charge in [0, 0.05) is 28.6 Å². The van der Waals surface area contributed by atoms with Gasteiger partial charge in [0.25, 0.3) is 0 Å². The summed E-state index contributed by atoms with van der Waals surface area (Å²) in [6.07, 6.45) is 13.8. The molecule has 0 amide bonds. The summed E-state index contributed by atoms with van der Waals surface area (Å²) in [5.74, 6) is 0. The van der Waals surface area contributed by atoms with Crippen LogP contribution in [0.4, 0.5) is 0 Å². The Morgan fingerprint density at radius 2 is 1.14 bits per heavy atom. The number of pyridine rings is 1. The number of allylic oxidation sites excluding steroid dienone is 8. The molecule has 1 aliphatic carbocycles. The van der Waals surface area contributed by atoms with Crippen molar-refractivity contribution in [1.29, 1.82) is 5.41 Å². The third-order valence-corrected chi connectivity index (χ3v) is 6.55. The molecule has 3 heteroatoms. The fourth-order valence-corrected chi connectivity index (χ4v) is 4.56. The van der Waals surface area contributed by atoms with Gasteiger partial charge in [-0.25, -0.2) is 4.98 Å². The molecule has 0 atom stereocenters. The fourth-order valence-electron chi connectivity index (χ4n) is 4.56. The Morgan fingerprint density at radius 3 is 1.70 bits per heavy atom. The lowest BCUT2D eigenvalue weighted by molar-refractivity contribution is 1.09. The van der Waals surface area contributed by atoms with Gasteiger partial charge < -0.3 is 10.7 Å². The lowest BCUT2D eigenvalue weighted by Crippen LogP contribution is -2.14. The standard InChI is InChI=1S/C34H25N3/c35-31-14-8-7-13-30(31)32-20-19-28(23-36-32)24-15-17-25(18-16-24)29-21-33(26-9-3-1-4-10-26)37-34(22-29)27-11-5-2-6-12-27/h1-23,35-36H/b32-30-,35-31?. The molecule has 2 N–H and O–H groups in total. The van der Waals surface area contributed by atoms with E-state index in [1.165, 1.54) is 0 Å². The van der Waals surface area contributed by atoms with Crippen molar-refractivity contribution in [2.45, 2.75) is 0 Å². The normalized spacial score (nSPS) is 16.4. The van der Waals surface area contributed by atoms with Crippen molar-refractivity contribution in [2.75, 3.05) is 0 Å². The molecule has 2 aliphatic rings. The Bertz CT molecular complexity index is 1560. The number of aromatic nitrogens is 1. The van der Waals surface area contributed by atoms with Gasteiger partial charge in [0.2, 0.25) is 0 Å². The van der Waals surface area contributed by atoms with E-state index in [9.17, 15) is 0 Å². The molecule has 6 rings (SSSR count). The van der Waals surface area contributed by atoms with E-state index in [0.29, 0.717) is 5.71 Å². The van der Waals surface area contributed by atoms with Crippen LogP contribution in [0.15, 0.2) is 151 Å². The van der Waals surface area contributed by atoms with E-state index in [1.807, 2.05) is 66.9 Å². The highest BCUT2D eigenvalue weighted by atomic mass is 14.9. The topological polar surface area (TPSA) is 48.8 Å². The van der Waals surface area contributed by atoms with E-state index in [1.54, 1.807) is 6.08 Å². The predicted molar refractivity (Wildman–Crippen MR) is 154 cm³/mol. The summed E-state index contributed by atoms with van der Waals surface area (Å²) < 4.78 is 0. The summed E-state index contributed by atoms with van der Waals surface area (Å²) in [5, 5.41) is 11.5. The van der Waals surface area contributed by atoms with E-state index in [-0.39, 0.29) is 0 Å². The van der Waals surface area contributed by atoms with Gasteiger partial charge in [-0.2, -0.15) is 0 Å². The molecule has 0 radical (unpaired) electrons. The van der Waals surface area contributed by atoms with Crippen LogP contribution in [0.2, 0.25) is 0 Å². The number of rotatable bonds is 4. The molecular formula is C34H25N3. The van der Waals surface area contributed by atoms with Crippen molar-refractivity contribution in [3.63, 3.8) is 0 Å². The van der Waals surface area contributed by atoms with Gasteiger partial charge in [-0.05, 0) is 46.5 Å². The van der Waals surface area contributed by atoms with Crippen molar-refractivity contribution < 1.29 is 0 Å². The Labute approximate surface area is 217 Å². The molecule has 37 heavy (non-hydrogen) atoms. The first-order chi connectivity index (χ1) is 18.2. The maximum absolute atomic E-state index is 8.15. The van der Waals surface area contributed by atoms with E-state index in [2.05, 4.69) is 72.1 Å². The first-order valence-corrected chi connectivity index (χ1v) is 12.3. The third-order valence-electron chi connectivity index (χ3n) is 6.55. The number of hydrogen-bond acceptors (Lipinski definition) is 3. The monoisotopic (exact) mass is 475 g/mol. The van der Waals surface area contributed by atoms with Gasteiger partial charge in [-0.15, -0.1) is 0 Å². The summed E-state index contributed by atoms with van der Waals surface area (Å²) in [6, 6.07) is 33.6. The molecule has 1 aliphatic heterocycles. The third kappa shape index (κ3) is 4.75. The number of hydrogen-bond donors (Lipinski definition) is 2. The fraction of sp³-hybridized carbons (Fsp3) is 0. The van der Waals surface area contributed by atoms with E-state index >= 15 is 0 Å². The van der Waals surface area contributed by atoms with Crippen LogP contribution in [0, 0.1) is 5.41 Å². The van der Waals surface area contributed by atoms with Crippen LogP contribution in [0.3, 0.4) is 0 Å². The number of benzene rings is 3. The molecule has 3 aromatic carbocycles. The zero-order chi connectivity index (χ0) is 25.0. The van der Waals surface area contributed by atoms with Gasteiger partial charge in [-0.1, -0.05) is 109 Å². The van der Waals surface area contributed by atoms with Crippen molar-refractivity contribution in [1.82, 2.24) is 10.3 Å². The largest absolute Gasteiger partial charge is 0.361 e. The quantitative estimate of drug-likeness (QED) is 0.314. The molecule has 0 spiro atoms. The van der Waals surface area contributed by atoms with Gasteiger partial charge in [0.05, 0.1) is 17.1 Å². The lowest BCUT2D eigenvalue weighted by Gasteiger charge is -2.16. The maximum atomic E-state index is 8.15. The van der Waals surface area contributed by atoms with Crippen LogP contribution in [0.25, 0.3) is 39.2 Å². The molecule has 1 aromatic heterocycles. The zero-order valence-electron chi connectivity index (χ0n) is 20.2. The van der Waals surface area contributed by atoms with Gasteiger partial charge in [0.15, 0.2) is 0 Å². The molecule has 0 saturated carbocycles. The predicted octanol–water partition coefficient (Wildman–Crippen LogP) is 7.98. The van der Waals surface area contributed by atoms with E-state index in [0.717, 1.165) is 56.0 Å². The minimum Gasteiger partial charge on any atom is -0.361 e. The van der Waals surface area contributed by atoms with Crippen molar-refractivity contribution >= 4 is 11.3 Å². The molecule has 0 unspecified atom stereocenters. The van der Waals surface area contributed by atoms with Crippen LogP contribution in [0.5, 0.6) is 0 Å². The molecule has 176 valence electrons. The van der Waals surface area contributed by atoms with Crippen LogP contribution in [0.1, 0.15) is 5.56 Å². The Morgan fingerprint density at radius 1 is 0.541 bits per heavy atom. The average Bonchev–Trinajstić information content (AvgIpc) is 2.98. The second-order valence-corrected chi connectivity index (χ2v) is 8.97. The first-order valence-electron chi connectivity index (χ1n) is 12.3. The van der Waals surface area contributed by atoms with Crippen molar-refractivity contribution in [2.24, 2.45) is 0 Å².